The summed E-state index contributed by atoms with van der Waals surface area (Å²) in [6.07, 6.45) is 4.57. The van der Waals surface area contributed by atoms with Gasteiger partial charge in [0.05, 0.1) is 6.54 Å². The van der Waals surface area contributed by atoms with Crippen molar-refractivity contribution in [2.24, 2.45) is 16.6 Å². The van der Waals surface area contributed by atoms with Crippen molar-refractivity contribution in [1.82, 2.24) is 10.2 Å². The number of guanidine groups is 1. The normalized spacial score (nSPS) is 22.7. The van der Waals surface area contributed by atoms with Crippen LogP contribution < -0.4 is 11.1 Å². The molecule has 1 unspecified atom stereocenters. The summed E-state index contributed by atoms with van der Waals surface area (Å²) >= 11 is 0. The number of likely N-dealkylation sites (tertiary alicyclic amines) is 1. The van der Waals surface area contributed by atoms with Crippen molar-refractivity contribution in [1.29, 1.82) is 0 Å². The number of nitrogens with zero attached hydrogens (tertiary/aromatic N) is 2. The Balaban J connectivity index is 1.77. The number of benzene rings is 1. The zero-order valence-corrected chi connectivity index (χ0v) is 17.0. The van der Waals surface area contributed by atoms with Gasteiger partial charge in [0, 0.05) is 44.7 Å². The third kappa shape index (κ3) is 5.25. The maximum atomic E-state index is 11.3. The summed E-state index contributed by atoms with van der Waals surface area (Å²) < 4.78 is 5.65. The summed E-state index contributed by atoms with van der Waals surface area (Å²) in [5.74, 6) is 1.07. The molecule has 2 aliphatic heterocycles. The average molecular weight is 387 g/mol. The van der Waals surface area contributed by atoms with Crippen LogP contribution in [0.1, 0.15) is 44.6 Å². The number of hydrogen-bond acceptors (Lipinski definition) is 3. The van der Waals surface area contributed by atoms with Crippen LogP contribution in [0, 0.1) is 5.92 Å². The number of nitrogens with one attached hydrogen (secondary N) is 1. The maximum absolute atomic E-state index is 11.3. The Labute approximate surface area is 168 Å². The topological polar surface area (TPSA) is 80.0 Å². The number of carbonyl (C=O) groups is 1. The van der Waals surface area contributed by atoms with Crippen LogP contribution in [-0.4, -0.2) is 56.2 Å². The second kappa shape index (κ2) is 9.92. The van der Waals surface area contributed by atoms with Crippen LogP contribution >= 0.6 is 0 Å². The van der Waals surface area contributed by atoms with Gasteiger partial charge in [0.2, 0.25) is 5.91 Å². The van der Waals surface area contributed by atoms with E-state index < -0.39 is 0 Å². The lowest BCUT2D eigenvalue weighted by molar-refractivity contribution is -0.119. The highest BCUT2D eigenvalue weighted by Crippen LogP contribution is 2.35. The van der Waals surface area contributed by atoms with Crippen molar-refractivity contribution < 1.29 is 9.53 Å². The highest BCUT2D eigenvalue weighted by atomic mass is 16.5. The Morgan fingerprint density at radius 2 is 2.07 bits per heavy atom. The van der Waals surface area contributed by atoms with Crippen LogP contribution in [0.4, 0.5) is 0 Å². The summed E-state index contributed by atoms with van der Waals surface area (Å²) in [6, 6.07) is 10.7. The molecule has 0 spiro atoms. The molecule has 1 aromatic carbocycles. The first kappa shape index (κ1) is 20.6. The zero-order valence-electron chi connectivity index (χ0n) is 17.0. The van der Waals surface area contributed by atoms with Crippen LogP contribution in [0.5, 0.6) is 0 Å². The fourth-order valence-corrected chi connectivity index (χ4v) is 4.45. The molecular formula is C22H34N4O2. The molecule has 0 aliphatic carbocycles. The third-order valence-electron chi connectivity index (χ3n) is 6.01. The first-order valence-electron chi connectivity index (χ1n) is 10.6. The van der Waals surface area contributed by atoms with E-state index >= 15 is 0 Å². The molecule has 0 saturated carbocycles. The number of nitrogens with two attached hydrogens (primary N) is 1. The number of hydrogen-bond donors (Lipinski definition) is 2. The van der Waals surface area contributed by atoms with E-state index in [0.29, 0.717) is 12.3 Å². The molecule has 2 heterocycles. The Hall–Kier alpha value is -2.08. The monoisotopic (exact) mass is 386 g/mol. The van der Waals surface area contributed by atoms with Gasteiger partial charge >= 0.3 is 0 Å². The van der Waals surface area contributed by atoms with E-state index in [2.05, 4.69) is 47.5 Å². The number of piperidine rings is 1. The van der Waals surface area contributed by atoms with Crippen molar-refractivity contribution in [2.75, 3.05) is 39.4 Å². The van der Waals surface area contributed by atoms with Gasteiger partial charge < -0.3 is 20.7 Å². The van der Waals surface area contributed by atoms with E-state index in [-0.39, 0.29) is 11.3 Å². The molecular weight excluding hydrogens is 352 g/mol. The smallest absolute Gasteiger partial charge is 0.217 e. The van der Waals surface area contributed by atoms with Gasteiger partial charge in [-0.2, -0.15) is 0 Å². The zero-order chi connectivity index (χ0) is 19.8. The SMILES string of the molecule is CCNC(=NCC1(c2ccccc2)CCOCC1)N1CCCC(CC(N)=O)C1. The number of ether oxygens (including phenoxy) is 1. The minimum atomic E-state index is -0.209. The van der Waals surface area contributed by atoms with E-state index in [1.807, 2.05) is 0 Å². The van der Waals surface area contributed by atoms with Crippen molar-refractivity contribution in [2.45, 2.75) is 44.4 Å². The van der Waals surface area contributed by atoms with Gasteiger partial charge in [-0.25, -0.2) is 0 Å². The van der Waals surface area contributed by atoms with Crippen molar-refractivity contribution in [3.05, 3.63) is 35.9 Å². The molecule has 0 bridgehead atoms. The van der Waals surface area contributed by atoms with Crippen molar-refractivity contribution >= 4 is 11.9 Å². The number of amides is 1. The van der Waals surface area contributed by atoms with E-state index in [1.54, 1.807) is 0 Å². The molecule has 2 aliphatic rings. The summed E-state index contributed by atoms with van der Waals surface area (Å²) in [4.78, 5) is 18.7. The van der Waals surface area contributed by atoms with Gasteiger partial charge in [0.1, 0.15) is 0 Å². The Bertz CT molecular complexity index is 656. The fraction of sp³-hybridized carbons (Fsp3) is 0.636. The molecule has 1 aromatic rings. The standard InChI is InChI=1S/C22H34N4O2/c1-2-24-21(26-12-6-7-18(16-26)15-20(23)27)25-17-22(10-13-28-14-11-22)19-8-4-3-5-9-19/h3-5,8-9,18H,2,6-7,10-17H2,1H3,(H2,23,27)(H,24,25). The van der Waals surface area contributed by atoms with Gasteiger partial charge in [0.25, 0.3) is 0 Å². The maximum Gasteiger partial charge on any atom is 0.217 e. The second-order valence-corrected chi connectivity index (χ2v) is 8.05. The van der Waals surface area contributed by atoms with Crippen molar-refractivity contribution in [3.63, 3.8) is 0 Å². The largest absolute Gasteiger partial charge is 0.381 e. The van der Waals surface area contributed by atoms with Crippen LogP contribution in [0.15, 0.2) is 35.3 Å². The second-order valence-electron chi connectivity index (χ2n) is 8.05. The molecule has 6 heteroatoms. The number of carbonyl (C=O) groups excluding carboxylic acids is 1. The quantitative estimate of drug-likeness (QED) is 0.581. The molecule has 3 N–H and O–H groups in total. The lowest BCUT2D eigenvalue weighted by atomic mass is 9.74. The lowest BCUT2D eigenvalue weighted by Gasteiger charge is -2.38. The van der Waals surface area contributed by atoms with Crippen LogP contribution in [0.2, 0.25) is 0 Å². The predicted octanol–water partition coefficient (Wildman–Crippen LogP) is 2.29. The van der Waals surface area contributed by atoms with E-state index in [4.69, 9.17) is 15.5 Å². The average Bonchev–Trinajstić information content (AvgIpc) is 2.72. The Kier molecular flexibility index (Phi) is 7.31. The van der Waals surface area contributed by atoms with Gasteiger partial charge in [-0.3, -0.25) is 9.79 Å². The third-order valence-corrected chi connectivity index (χ3v) is 6.01. The van der Waals surface area contributed by atoms with Gasteiger partial charge in [-0.05, 0) is 44.1 Å². The Morgan fingerprint density at radius 1 is 1.32 bits per heavy atom. The van der Waals surface area contributed by atoms with Crippen LogP contribution in [0.25, 0.3) is 0 Å². The minimum Gasteiger partial charge on any atom is -0.381 e. The van der Waals surface area contributed by atoms with Gasteiger partial charge in [0.15, 0.2) is 5.96 Å². The molecule has 28 heavy (non-hydrogen) atoms. The predicted molar refractivity (Wildman–Crippen MR) is 112 cm³/mol. The van der Waals surface area contributed by atoms with E-state index in [0.717, 1.165) is 71.0 Å². The molecule has 3 rings (SSSR count). The summed E-state index contributed by atoms with van der Waals surface area (Å²) in [7, 11) is 0. The molecule has 154 valence electrons. The number of rotatable bonds is 6. The molecule has 1 atom stereocenters. The number of aliphatic imine (C=N–C) groups is 1. The van der Waals surface area contributed by atoms with Crippen LogP contribution in [0.3, 0.4) is 0 Å². The van der Waals surface area contributed by atoms with Gasteiger partial charge in [-0.15, -0.1) is 0 Å². The molecule has 2 fully saturated rings. The van der Waals surface area contributed by atoms with Crippen molar-refractivity contribution in [3.8, 4) is 0 Å². The lowest BCUT2D eigenvalue weighted by Crippen LogP contribution is -2.48. The minimum absolute atomic E-state index is 0.0304. The first-order valence-corrected chi connectivity index (χ1v) is 10.6. The molecule has 1 amide bonds. The Morgan fingerprint density at radius 3 is 2.75 bits per heavy atom. The molecule has 0 aromatic heterocycles. The van der Waals surface area contributed by atoms with E-state index in [9.17, 15) is 4.79 Å². The summed E-state index contributed by atoms with van der Waals surface area (Å²) in [5.41, 5.74) is 6.81. The van der Waals surface area contributed by atoms with Crippen LogP contribution in [-0.2, 0) is 14.9 Å². The first-order chi connectivity index (χ1) is 13.6. The van der Waals surface area contributed by atoms with E-state index in [1.165, 1.54) is 5.56 Å². The highest BCUT2D eigenvalue weighted by molar-refractivity contribution is 5.80. The number of primary amides is 1. The fourth-order valence-electron chi connectivity index (χ4n) is 4.45. The molecule has 2 saturated heterocycles. The summed E-state index contributed by atoms with van der Waals surface area (Å²) in [5, 5.41) is 3.46. The molecule has 0 radical (unpaired) electrons. The molecule has 6 nitrogen and oxygen atoms in total. The van der Waals surface area contributed by atoms with Gasteiger partial charge in [-0.1, -0.05) is 30.3 Å². The summed E-state index contributed by atoms with van der Waals surface area (Å²) in [6.45, 7) is 7.06. The highest BCUT2D eigenvalue weighted by Gasteiger charge is 2.35.